The van der Waals surface area contributed by atoms with E-state index in [1.165, 1.54) is 35.8 Å². The van der Waals surface area contributed by atoms with E-state index in [9.17, 15) is 17.6 Å². The molecule has 0 saturated heterocycles. The fraction of sp³-hybridized carbons (Fsp3) is 0.111. The van der Waals surface area contributed by atoms with Crippen LogP contribution in [0.4, 0.5) is 10.1 Å². The van der Waals surface area contributed by atoms with Crippen molar-refractivity contribution in [1.29, 1.82) is 0 Å². The lowest BCUT2D eigenvalue weighted by molar-refractivity contribution is 0.593. The van der Waals surface area contributed by atoms with Crippen molar-refractivity contribution in [2.45, 2.75) is 22.7 Å². The predicted octanol–water partition coefficient (Wildman–Crippen LogP) is 6.79. The number of hydrogen-bond donors (Lipinski definition) is 1. The number of benzene rings is 2. The first-order valence-corrected chi connectivity index (χ1v) is 15.6. The van der Waals surface area contributed by atoms with Gasteiger partial charge in [-0.25, -0.2) is 17.8 Å². The summed E-state index contributed by atoms with van der Waals surface area (Å²) in [6.07, 6.45) is 0. The van der Waals surface area contributed by atoms with E-state index in [0.717, 1.165) is 31.8 Å². The van der Waals surface area contributed by atoms with Crippen molar-refractivity contribution in [2.75, 3.05) is 11.4 Å². The average Bonchev–Trinajstić information content (AvgIpc) is 3.62. The van der Waals surface area contributed by atoms with Crippen molar-refractivity contribution in [3.63, 3.8) is 0 Å². The van der Waals surface area contributed by atoms with Crippen LogP contribution < -0.4 is 9.86 Å². The first kappa shape index (κ1) is 26.4. The molecule has 0 atom stereocenters. The molecule has 0 amide bonds. The summed E-state index contributed by atoms with van der Waals surface area (Å²) in [5.41, 5.74) is 2.49. The van der Waals surface area contributed by atoms with Crippen LogP contribution >= 0.6 is 34.4 Å². The Morgan fingerprint density at radius 2 is 1.68 bits per heavy atom. The van der Waals surface area contributed by atoms with Crippen LogP contribution in [0.15, 0.2) is 93.0 Å². The van der Waals surface area contributed by atoms with Crippen LogP contribution in [-0.4, -0.2) is 25.4 Å². The maximum atomic E-state index is 13.2. The third-order valence-electron chi connectivity index (χ3n) is 5.88. The Hall–Kier alpha value is -3.25. The number of nitrogens with zero attached hydrogens (tertiary/aromatic N) is 2. The highest BCUT2D eigenvalue weighted by atomic mass is 32.2. The molecule has 3 heterocycles. The van der Waals surface area contributed by atoms with E-state index in [-0.39, 0.29) is 10.5 Å². The Morgan fingerprint density at radius 3 is 2.37 bits per heavy atom. The Kier molecular flexibility index (Phi) is 7.53. The third kappa shape index (κ3) is 5.46. The van der Waals surface area contributed by atoms with E-state index >= 15 is 0 Å². The number of H-pyrrole nitrogens is 1. The lowest BCUT2D eigenvalue weighted by Gasteiger charge is -2.19. The number of nitrogens with one attached hydrogen (secondary N) is 1. The Balaban J connectivity index is 1.31. The molecular formula is C27H22FN3O3S4. The number of aromatic amines is 1. The van der Waals surface area contributed by atoms with Crippen molar-refractivity contribution < 1.29 is 12.8 Å². The smallest absolute Gasteiger partial charge is 0.264 e. The van der Waals surface area contributed by atoms with Crippen molar-refractivity contribution >= 4 is 50.1 Å². The van der Waals surface area contributed by atoms with Gasteiger partial charge in [0.25, 0.3) is 15.6 Å². The van der Waals surface area contributed by atoms with Crippen LogP contribution in [0.3, 0.4) is 0 Å². The highest BCUT2D eigenvalue weighted by molar-refractivity contribution is 7.98. The fourth-order valence-electron chi connectivity index (χ4n) is 3.69. The predicted molar refractivity (Wildman–Crippen MR) is 154 cm³/mol. The average molecular weight is 584 g/mol. The van der Waals surface area contributed by atoms with Crippen LogP contribution in [0.25, 0.3) is 20.3 Å². The van der Waals surface area contributed by atoms with Crippen LogP contribution in [0.1, 0.15) is 11.1 Å². The molecule has 1 N–H and O–H groups in total. The van der Waals surface area contributed by atoms with Crippen molar-refractivity contribution in [1.82, 2.24) is 9.97 Å². The maximum Gasteiger partial charge on any atom is 0.264 e. The van der Waals surface area contributed by atoms with Crippen molar-refractivity contribution in [3.05, 3.63) is 105 Å². The molecule has 0 aliphatic carbocycles. The zero-order chi connectivity index (χ0) is 26.9. The first-order valence-electron chi connectivity index (χ1n) is 11.4. The molecule has 6 nitrogen and oxygen atoms in total. The molecule has 2 aromatic carbocycles. The summed E-state index contributed by atoms with van der Waals surface area (Å²) in [6, 6.07) is 20.0. The Morgan fingerprint density at radius 1 is 0.974 bits per heavy atom. The van der Waals surface area contributed by atoms with Gasteiger partial charge in [-0.3, -0.25) is 9.10 Å². The summed E-state index contributed by atoms with van der Waals surface area (Å²) in [6.45, 7) is 1.77. The molecule has 0 aliphatic rings. The largest absolute Gasteiger partial charge is 0.301 e. The van der Waals surface area contributed by atoms with Gasteiger partial charge in [-0.15, -0.1) is 22.7 Å². The standard InChI is InChI=1S/C27H22FN3O3S4/c1-17-25(24-14-13-23(37-24)22-4-3-15-35-22)29-27(30-26(17)32)36-16-18-5-9-20(10-6-18)31(2)38(33,34)21-11-7-19(28)8-12-21/h3-15H,16H2,1-2H3,(H,29,30,32). The van der Waals surface area contributed by atoms with Gasteiger partial charge in [0.1, 0.15) is 5.82 Å². The van der Waals surface area contributed by atoms with Gasteiger partial charge in [0, 0.05) is 28.1 Å². The lowest BCUT2D eigenvalue weighted by atomic mass is 10.2. The highest BCUT2D eigenvalue weighted by Gasteiger charge is 2.21. The number of anilines is 1. The molecule has 5 rings (SSSR count). The van der Waals surface area contributed by atoms with Gasteiger partial charge < -0.3 is 4.98 Å². The molecule has 38 heavy (non-hydrogen) atoms. The summed E-state index contributed by atoms with van der Waals surface area (Å²) < 4.78 is 40.1. The molecular weight excluding hydrogens is 562 g/mol. The Bertz CT molecular complexity index is 1730. The zero-order valence-corrected chi connectivity index (χ0v) is 23.6. The van der Waals surface area contributed by atoms with Gasteiger partial charge in [-0.2, -0.15) is 0 Å². The highest BCUT2D eigenvalue weighted by Crippen LogP contribution is 2.37. The van der Waals surface area contributed by atoms with E-state index in [4.69, 9.17) is 4.98 Å². The summed E-state index contributed by atoms with van der Waals surface area (Å²) in [5.74, 6) is 0.0360. The van der Waals surface area contributed by atoms with Crippen LogP contribution in [-0.2, 0) is 15.8 Å². The topological polar surface area (TPSA) is 83.1 Å². The van der Waals surface area contributed by atoms with Crippen LogP contribution in [0.2, 0.25) is 0 Å². The zero-order valence-electron chi connectivity index (χ0n) is 20.3. The van der Waals surface area contributed by atoms with E-state index in [1.54, 1.807) is 41.7 Å². The van der Waals surface area contributed by atoms with Gasteiger partial charge >= 0.3 is 0 Å². The number of thioether (sulfide) groups is 1. The number of hydrogen-bond acceptors (Lipinski definition) is 7. The minimum atomic E-state index is -3.82. The number of aromatic nitrogens is 2. The molecule has 5 aromatic rings. The SMILES string of the molecule is Cc1c(-c2ccc(-c3cccs3)s2)nc(SCc2ccc(N(C)S(=O)(=O)c3ccc(F)cc3)cc2)[nH]c1=O. The minimum absolute atomic E-state index is 0.0134. The van der Waals surface area contributed by atoms with Gasteiger partial charge in [0.2, 0.25) is 0 Å². The van der Waals surface area contributed by atoms with Gasteiger partial charge in [-0.05, 0) is 72.5 Å². The second kappa shape index (κ2) is 10.9. The van der Waals surface area contributed by atoms with Crippen molar-refractivity contribution in [3.8, 4) is 20.3 Å². The van der Waals surface area contributed by atoms with Crippen LogP contribution in [0.5, 0.6) is 0 Å². The van der Waals surface area contributed by atoms with Crippen LogP contribution in [0, 0.1) is 12.7 Å². The molecule has 11 heteroatoms. The summed E-state index contributed by atoms with van der Waals surface area (Å²) in [7, 11) is -2.36. The molecule has 0 saturated carbocycles. The number of thiophene rings is 2. The monoisotopic (exact) mass is 583 g/mol. The summed E-state index contributed by atoms with van der Waals surface area (Å²) in [5, 5.41) is 2.55. The molecule has 0 aliphatic heterocycles. The quantitative estimate of drug-likeness (QED) is 0.161. The minimum Gasteiger partial charge on any atom is -0.301 e. The second-order valence-electron chi connectivity index (χ2n) is 8.37. The van der Waals surface area contributed by atoms with Gasteiger partial charge in [0.15, 0.2) is 5.16 Å². The summed E-state index contributed by atoms with van der Waals surface area (Å²) >= 11 is 4.68. The first-order chi connectivity index (χ1) is 18.2. The van der Waals surface area contributed by atoms with E-state index in [0.29, 0.717) is 27.9 Å². The van der Waals surface area contributed by atoms with E-state index in [1.807, 2.05) is 29.6 Å². The normalized spacial score (nSPS) is 11.6. The lowest BCUT2D eigenvalue weighted by Crippen LogP contribution is -2.26. The van der Waals surface area contributed by atoms with Crippen molar-refractivity contribution in [2.24, 2.45) is 0 Å². The van der Waals surface area contributed by atoms with E-state index in [2.05, 4.69) is 17.1 Å². The second-order valence-corrected chi connectivity index (χ2v) is 13.3. The van der Waals surface area contributed by atoms with E-state index < -0.39 is 15.8 Å². The molecule has 0 radical (unpaired) electrons. The molecule has 194 valence electrons. The molecule has 3 aromatic heterocycles. The summed E-state index contributed by atoms with van der Waals surface area (Å²) in [4.78, 5) is 23.5. The van der Waals surface area contributed by atoms with Gasteiger partial charge in [0.05, 0.1) is 21.2 Å². The molecule has 0 spiro atoms. The molecule has 0 bridgehead atoms. The third-order valence-corrected chi connectivity index (χ3v) is 10.8. The molecule has 0 fully saturated rings. The number of rotatable bonds is 8. The number of halogens is 1. The molecule has 0 unspecified atom stereocenters. The maximum absolute atomic E-state index is 13.2. The Labute approximate surface area is 231 Å². The number of sulfonamides is 1. The van der Waals surface area contributed by atoms with Gasteiger partial charge in [-0.1, -0.05) is 30.0 Å². The fourth-order valence-corrected chi connectivity index (χ4v) is 7.59.